The Morgan fingerprint density at radius 3 is 2.00 bits per heavy atom. The first-order valence-corrected chi connectivity index (χ1v) is 6.86. The van der Waals surface area contributed by atoms with Gasteiger partial charge in [0.05, 0.1) is 0 Å². The molecule has 0 atom stereocenters. The quantitative estimate of drug-likeness (QED) is 0.605. The van der Waals surface area contributed by atoms with Gasteiger partial charge in [-0.1, -0.05) is 46.3 Å². The molecule has 1 nitrogen and oxygen atoms in total. The molecule has 0 amide bonds. The Kier molecular flexibility index (Phi) is 6.47. The van der Waals surface area contributed by atoms with Gasteiger partial charge in [0.2, 0.25) is 0 Å². The lowest BCUT2D eigenvalue weighted by Crippen LogP contribution is -2.17. The molecule has 0 radical (unpaired) electrons. The topological polar surface area (TPSA) is 3.24 Å². The Bertz CT molecular complexity index is 241. The number of rotatable bonds is 6. The van der Waals surface area contributed by atoms with Gasteiger partial charge < -0.3 is 4.90 Å². The minimum absolute atomic E-state index is 0.319. The molecule has 0 aromatic rings. The van der Waals surface area contributed by atoms with Crippen LogP contribution in [0.5, 0.6) is 0 Å². The Hall–Kier alpha value is -0.300. The van der Waals surface area contributed by atoms with Gasteiger partial charge in [0.1, 0.15) is 0 Å². The van der Waals surface area contributed by atoms with E-state index in [2.05, 4.69) is 66.6 Å². The minimum Gasteiger partial charge on any atom is -0.309 e. The molecule has 0 spiro atoms. The second-order valence-corrected chi connectivity index (χ2v) is 7.41. The molecule has 0 rings (SSSR count). The number of allylic oxidation sites excluding steroid dienone is 2. The predicted octanol–water partition coefficient (Wildman–Crippen LogP) is 4.74. The largest absolute Gasteiger partial charge is 0.309 e. The monoisotopic (exact) mass is 239 g/mol. The van der Waals surface area contributed by atoms with Crippen molar-refractivity contribution in [2.24, 2.45) is 10.8 Å². The van der Waals surface area contributed by atoms with Crippen molar-refractivity contribution in [2.75, 3.05) is 20.6 Å². The smallest absolute Gasteiger partial charge is 0.00246 e. The zero-order valence-corrected chi connectivity index (χ0v) is 13.4. The second-order valence-electron chi connectivity index (χ2n) is 7.41. The standard InChI is InChI=1S/C16H33N/c1-14(15(2,3)4)10-12-16(5,6)11-9-13-17(7)8/h10H,9,11-13H2,1-8H3/b14-10+. The molecule has 0 aliphatic rings. The van der Waals surface area contributed by atoms with Gasteiger partial charge in [-0.2, -0.15) is 0 Å². The van der Waals surface area contributed by atoms with Gasteiger partial charge >= 0.3 is 0 Å². The van der Waals surface area contributed by atoms with Crippen molar-refractivity contribution in [3.8, 4) is 0 Å². The van der Waals surface area contributed by atoms with E-state index in [0.29, 0.717) is 10.8 Å². The van der Waals surface area contributed by atoms with Crippen molar-refractivity contribution in [3.63, 3.8) is 0 Å². The molecule has 0 aromatic carbocycles. The normalized spacial score (nSPS) is 14.5. The van der Waals surface area contributed by atoms with Crippen LogP contribution in [0, 0.1) is 10.8 Å². The molecular formula is C16H33N. The third-order valence-electron chi connectivity index (χ3n) is 3.60. The van der Waals surface area contributed by atoms with Crippen molar-refractivity contribution in [2.45, 2.75) is 60.8 Å². The second kappa shape index (κ2) is 6.58. The van der Waals surface area contributed by atoms with Crippen LogP contribution in [0.2, 0.25) is 0 Å². The van der Waals surface area contributed by atoms with E-state index < -0.39 is 0 Å². The average molecular weight is 239 g/mol. The summed E-state index contributed by atoms with van der Waals surface area (Å²) in [4.78, 5) is 2.27. The van der Waals surface area contributed by atoms with Crippen LogP contribution in [0.4, 0.5) is 0 Å². The van der Waals surface area contributed by atoms with E-state index in [0.717, 1.165) is 0 Å². The fourth-order valence-corrected chi connectivity index (χ4v) is 1.71. The van der Waals surface area contributed by atoms with Crippen LogP contribution in [-0.2, 0) is 0 Å². The fraction of sp³-hybridized carbons (Fsp3) is 0.875. The molecule has 0 aromatic heterocycles. The lowest BCUT2D eigenvalue weighted by Gasteiger charge is -2.26. The molecule has 0 N–H and O–H groups in total. The lowest BCUT2D eigenvalue weighted by molar-refractivity contribution is 0.295. The summed E-state index contributed by atoms with van der Waals surface area (Å²) in [6, 6.07) is 0. The van der Waals surface area contributed by atoms with E-state index in [1.165, 1.54) is 31.4 Å². The summed E-state index contributed by atoms with van der Waals surface area (Å²) in [5.41, 5.74) is 2.26. The van der Waals surface area contributed by atoms with Gasteiger partial charge in [-0.25, -0.2) is 0 Å². The Balaban J connectivity index is 4.17. The van der Waals surface area contributed by atoms with Crippen molar-refractivity contribution < 1.29 is 0 Å². The Labute approximate surface area is 109 Å². The van der Waals surface area contributed by atoms with E-state index in [4.69, 9.17) is 0 Å². The van der Waals surface area contributed by atoms with E-state index in [1.807, 2.05) is 0 Å². The van der Waals surface area contributed by atoms with Crippen LogP contribution in [0.15, 0.2) is 11.6 Å². The maximum Gasteiger partial charge on any atom is -0.00246 e. The summed E-state index contributed by atoms with van der Waals surface area (Å²) in [6.45, 7) is 15.1. The first-order chi connectivity index (χ1) is 7.54. The molecule has 0 fully saturated rings. The highest BCUT2D eigenvalue weighted by atomic mass is 15.0. The van der Waals surface area contributed by atoms with Crippen molar-refractivity contribution >= 4 is 0 Å². The SMILES string of the molecule is C/C(=C\CC(C)(C)CCCN(C)C)C(C)(C)C. The van der Waals surface area contributed by atoms with E-state index >= 15 is 0 Å². The molecule has 0 saturated carbocycles. The third kappa shape index (κ3) is 8.43. The van der Waals surface area contributed by atoms with Gasteiger partial charge in [-0.05, 0) is 57.7 Å². The van der Waals surface area contributed by atoms with Crippen LogP contribution in [0.25, 0.3) is 0 Å². The summed E-state index contributed by atoms with van der Waals surface area (Å²) < 4.78 is 0. The van der Waals surface area contributed by atoms with Crippen molar-refractivity contribution in [1.82, 2.24) is 4.90 Å². The summed E-state index contributed by atoms with van der Waals surface area (Å²) in [6.07, 6.45) is 6.24. The molecule has 1 heteroatoms. The molecule has 0 bridgehead atoms. The van der Waals surface area contributed by atoms with Gasteiger partial charge in [0.15, 0.2) is 0 Å². The van der Waals surface area contributed by atoms with Gasteiger partial charge in [-0.3, -0.25) is 0 Å². The van der Waals surface area contributed by atoms with E-state index in [-0.39, 0.29) is 0 Å². The molecule has 0 aliphatic carbocycles. The van der Waals surface area contributed by atoms with Gasteiger partial charge in [0, 0.05) is 0 Å². The third-order valence-corrected chi connectivity index (χ3v) is 3.60. The van der Waals surface area contributed by atoms with Crippen molar-refractivity contribution in [3.05, 3.63) is 11.6 Å². The van der Waals surface area contributed by atoms with E-state index in [1.54, 1.807) is 0 Å². The van der Waals surface area contributed by atoms with Gasteiger partial charge in [-0.15, -0.1) is 0 Å². The molecule has 0 aliphatic heterocycles. The number of hydrogen-bond acceptors (Lipinski definition) is 1. The lowest BCUT2D eigenvalue weighted by atomic mass is 9.80. The summed E-state index contributed by atoms with van der Waals surface area (Å²) in [7, 11) is 4.30. The van der Waals surface area contributed by atoms with Gasteiger partial charge in [0.25, 0.3) is 0 Å². The highest BCUT2D eigenvalue weighted by Crippen LogP contribution is 2.31. The molecule has 0 heterocycles. The van der Waals surface area contributed by atoms with Crippen LogP contribution >= 0.6 is 0 Å². The maximum absolute atomic E-state index is 2.44. The number of hydrogen-bond donors (Lipinski definition) is 0. The highest BCUT2D eigenvalue weighted by Gasteiger charge is 2.18. The maximum atomic E-state index is 2.44. The number of nitrogens with zero attached hydrogens (tertiary/aromatic N) is 1. The average Bonchev–Trinajstić information content (AvgIpc) is 2.11. The Morgan fingerprint density at radius 1 is 1.06 bits per heavy atom. The predicted molar refractivity (Wildman–Crippen MR) is 79.4 cm³/mol. The molecule has 102 valence electrons. The zero-order chi connectivity index (χ0) is 13.7. The summed E-state index contributed by atoms with van der Waals surface area (Å²) in [5, 5.41) is 0. The first kappa shape index (κ1) is 16.7. The fourth-order valence-electron chi connectivity index (χ4n) is 1.71. The highest BCUT2D eigenvalue weighted by molar-refractivity contribution is 5.08. The first-order valence-electron chi connectivity index (χ1n) is 6.86. The summed E-state index contributed by atoms with van der Waals surface area (Å²) >= 11 is 0. The Morgan fingerprint density at radius 2 is 1.59 bits per heavy atom. The molecule has 0 saturated heterocycles. The van der Waals surface area contributed by atoms with Crippen LogP contribution in [-0.4, -0.2) is 25.5 Å². The molecular weight excluding hydrogens is 206 g/mol. The van der Waals surface area contributed by atoms with Crippen LogP contribution in [0.1, 0.15) is 60.8 Å². The van der Waals surface area contributed by atoms with Crippen LogP contribution in [0.3, 0.4) is 0 Å². The van der Waals surface area contributed by atoms with Crippen LogP contribution < -0.4 is 0 Å². The minimum atomic E-state index is 0.319. The zero-order valence-electron chi connectivity index (χ0n) is 13.4. The molecule has 0 unspecified atom stereocenters. The molecule has 17 heavy (non-hydrogen) atoms. The van der Waals surface area contributed by atoms with E-state index in [9.17, 15) is 0 Å². The summed E-state index contributed by atoms with van der Waals surface area (Å²) in [5.74, 6) is 0. The van der Waals surface area contributed by atoms with Crippen molar-refractivity contribution in [1.29, 1.82) is 0 Å².